The van der Waals surface area contributed by atoms with Crippen molar-refractivity contribution < 1.29 is 28.5 Å². The molecule has 1 aliphatic heterocycles. The Morgan fingerprint density at radius 2 is 2.00 bits per heavy atom. The molecule has 162 valence electrons. The molecule has 0 bridgehead atoms. The maximum absolute atomic E-state index is 12.6. The molecule has 29 heavy (non-hydrogen) atoms. The van der Waals surface area contributed by atoms with E-state index >= 15 is 0 Å². The molecule has 1 amide bonds. The first-order chi connectivity index (χ1) is 13.8. The Hall–Kier alpha value is -1.97. The average Bonchev–Trinajstić information content (AvgIpc) is 3.00. The molecule has 0 saturated heterocycles. The highest BCUT2D eigenvalue weighted by Crippen LogP contribution is 2.42. The lowest BCUT2D eigenvalue weighted by Crippen LogP contribution is -2.31. The van der Waals surface area contributed by atoms with Crippen molar-refractivity contribution in [3.8, 4) is 11.5 Å². The van der Waals surface area contributed by atoms with Crippen molar-refractivity contribution in [1.82, 2.24) is 8.61 Å². The number of para-hydroxylation sites is 1. The molecule has 0 fully saturated rings. The summed E-state index contributed by atoms with van der Waals surface area (Å²) in [6, 6.07) is 5.56. The molecule has 8 nitrogen and oxygen atoms in total. The molecular formula is C20H30N2O6S. The van der Waals surface area contributed by atoms with Crippen LogP contribution < -0.4 is 9.47 Å². The lowest BCUT2D eigenvalue weighted by molar-refractivity contribution is -0.140. The number of amides is 1. The first-order valence-corrected chi connectivity index (χ1v) is 10.2. The van der Waals surface area contributed by atoms with Crippen molar-refractivity contribution in [3.63, 3.8) is 0 Å². The van der Waals surface area contributed by atoms with Gasteiger partial charge in [0.2, 0.25) is 0 Å². The monoisotopic (exact) mass is 426 g/mol. The number of esters is 1. The van der Waals surface area contributed by atoms with Gasteiger partial charge in [0.25, 0.3) is 0 Å². The van der Waals surface area contributed by atoms with Crippen LogP contribution in [0.4, 0.5) is 4.79 Å². The summed E-state index contributed by atoms with van der Waals surface area (Å²) in [7, 11) is 4.62. The van der Waals surface area contributed by atoms with E-state index in [4.69, 9.17) is 18.9 Å². The molecule has 1 aromatic carbocycles. The van der Waals surface area contributed by atoms with Gasteiger partial charge >= 0.3 is 12.1 Å². The van der Waals surface area contributed by atoms with Gasteiger partial charge in [0, 0.05) is 58.0 Å². The van der Waals surface area contributed by atoms with Crippen molar-refractivity contribution in [3.05, 3.63) is 23.8 Å². The second-order valence-electron chi connectivity index (χ2n) is 7.33. The fraction of sp³-hybridized carbons (Fsp3) is 0.600. The largest absolute Gasteiger partial charge is 0.483 e. The second kappa shape index (κ2) is 10.7. The van der Waals surface area contributed by atoms with E-state index in [0.717, 1.165) is 18.4 Å². The number of methoxy groups -OCH3 is 2. The minimum absolute atomic E-state index is 0.231. The van der Waals surface area contributed by atoms with E-state index in [-0.39, 0.29) is 18.0 Å². The Kier molecular flexibility index (Phi) is 8.60. The highest BCUT2D eigenvalue weighted by atomic mass is 32.2. The number of hydrogen-bond donors (Lipinski definition) is 0. The fourth-order valence-corrected chi connectivity index (χ4v) is 3.76. The number of ether oxygens (including phenoxy) is 4. The summed E-state index contributed by atoms with van der Waals surface area (Å²) in [5.41, 5.74) is 0.701. The minimum Gasteiger partial charge on any atom is -0.483 e. The number of carbonyl (C=O) groups is 2. The summed E-state index contributed by atoms with van der Waals surface area (Å²) in [5.74, 6) is 0.727. The summed E-state index contributed by atoms with van der Waals surface area (Å²) in [4.78, 5) is 24.1. The third-order valence-corrected chi connectivity index (χ3v) is 5.29. The van der Waals surface area contributed by atoms with E-state index in [9.17, 15) is 9.59 Å². The van der Waals surface area contributed by atoms with E-state index < -0.39 is 6.09 Å². The minimum atomic E-state index is -0.522. The van der Waals surface area contributed by atoms with Crippen molar-refractivity contribution in [2.24, 2.45) is 0 Å². The molecule has 1 aromatic rings. The Labute approximate surface area is 176 Å². The van der Waals surface area contributed by atoms with E-state index in [1.165, 1.54) is 23.5 Å². The Morgan fingerprint density at radius 3 is 2.69 bits per heavy atom. The molecule has 9 heteroatoms. The lowest BCUT2D eigenvalue weighted by atomic mass is 10.0. The normalized spacial score (nSPS) is 14.3. The van der Waals surface area contributed by atoms with Crippen LogP contribution in [0.25, 0.3) is 0 Å². The van der Waals surface area contributed by atoms with Gasteiger partial charge in [-0.15, -0.1) is 0 Å². The maximum Gasteiger partial charge on any atom is 0.426 e. The number of carbonyl (C=O) groups excluding carboxylic acids is 2. The van der Waals surface area contributed by atoms with Crippen LogP contribution in [0.1, 0.15) is 32.3 Å². The van der Waals surface area contributed by atoms with Gasteiger partial charge in [-0.25, -0.2) is 13.4 Å². The van der Waals surface area contributed by atoms with Crippen LogP contribution in [0.3, 0.4) is 0 Å². The molecule has 1 aliphatic rings. The molecule has 0 atom stereocenters. The summed E-state index contributed by atoms with van der Waals surface area (Å²) >= 11 is 1.20. The van der Waals surface area contributed by atoms with Crippen molar-refractivity contribution >= 4 is 24.2 Å². The van der Waals surface area contributed by atoms with Crippen LogP contribution in [0, 0.1) is 0 Å². The van der Waals surface area contributed by atoms with Gasteiger partial charge in [0.15, 0.2) is 11.5 Å². The molecule has 0 saturated carbocycles. The molecule has 0 spiro atoms. The zero-order chi connectivity index (χ0) is 21.4. The van der Waals surface area contributed by atoms with Crippen LogP contribution in [0.2, 0.25) is 0 Å². The molecular weight excluding hydrogens is 396 g/mol. The average molecular weight is 427 g/mol. The molecule has 0 aromatic heterocycles. The zero-order valence-corrected chi connectivity index (χ0v) is 18.5. The standard InChI is InChI=1S/C20H30N2O6S/c1-20(2)14-15-8-6-9-16(18(15)28-20)27-19(24)21(3)29-22(11-7-13-25-4)12-10-17(23)26-5/h6,8-9H,7,10-14H2,1-5H3. The van der Waals surface area contributed by atoms with Gasteiger partial charge in [-0.05, 0) is 26.3 Å². The van der Waals surface area contributed by atoms with E-state index in [1.54, 1.807) is 20.2 Å². The highest BCUT2D eigenvalue weighted by molar-refractivity contribution is 7.95. The Bertz CT molecular complexity index is 712. The van der Waals surface area contributed by atoms with E-state index in [1.807, 2.05) is 30.3 Å². The number of rotatable bonds is 10. The third kappa shape index (κ3) is 7.09. The number of benzene rings is 1. The second-order valence-corrected chi connectivity index (χ2v) is 8.56. The lowest BCUT2D eigenvalue weighted by Gasteiger charge is -2.25. The number of fused-ring (bicyclic) bond motifs is 1. The highest BCUT2D eigenvalue weighted by Gasteiger charge is 2.33. The fourth-order valence-electron chi connectivity index (χ4n) is 2.93. The first kappa shape index (κ1) is 23.3. The summed E-state index contributed by atoms with van der Waals surface area (Å²) in [5, 5.41) is 0. The van der Waals surface area contributed by atoms with Gasteiger partial charge in [-0.3, -0.25) is 4.79 Å². The van der Waals surface area contributed by atoms with Crippen LogP contribution in [-0.2, 0) is 20.7 Å². The topological polar surface area (TPSA) is 77.5 Å². The number of nitrogens with zero attached hydrogens (tertiary/aromatic N) is 2. The quantitative estimate of drug-likeness (QED) is 0.320. The van der Waals surface area contributed by atoms with Crippen molar-refractivity contribution in [2.75, 3.05) is 41.0 Å². The van der Waals surface area contributed by atoms with Crippen LogP contribution in [0.5, 0.6) is 11.5 Å². The van der Waals surface area contributed by atoms with Gasteiger partial charge in [-0.2, -0.15) is 0 Å². The van der Waals surface area contributed by atoms with Crippen LogP contribution >= 0.6 is 12.1 Å². The van der Waals surface area contributed by atoms with Gasteiger partial charge in [0.1, 0.15) is 5.60 Å². The molecule has 0 aliphatic carbocycles. The number of hydrogen-bond acceptors (Lipinski definition) is 8. The zero-order valence-electron chi connectivity index (χ0n) is 17.7. The molecule has 0 N–H and O–H groups in total. The maximum atomic E-state index is 12.6. The predicted molar refractivity (Wildman–Crippen MR) is 111 cm³/mol. The van der Waals surface area contributed by atoms with E-state index in [2.05, 4.69) is 0 Å². The van der Waals surface area contributed by atoms with Crippen molar-refractivity contribution in [2.45, 2.75) is 38.7 Å². The molecule has 2 rings (SSSR count). The first-order valence-electron chi connectivity index (χ1n) is 9.51. The summed E-state index contributed by atoms with van der Waals surface area (Å²) in [6.07, 6.45) is 1.24. The third-order valence-electron chi connectivity index (χ3n) is 4.30. The molecule has 1 heterocycles. The van der Waals surface area contributed by atoms with Gasteiger partial charge in [-0.1, -0.05) is 12.1 Å². The van der Waals surface area contributed by atoms with E-state index in [0.29, 0.717) is 31.2 Å². The van der Waals surface area contributed by atoms with Gasteiger partial charge in [0.05, 0.1) is 13.5 Å². The molecule has 0 radical (unpaired) electrons. The smallest absolute Gasteiger partial charge is 0.426 e. The van der Waals surface area contributed by atoms with Gasteiger partial charge < -0.3 is 18.9 Å². The summed E-state index contributed by atoms with van der Waals surface area (Å²) < 4.78 is 24.6. The SMILES string of the molecule is COCCCN(CCC(=O)OC)SN(C)C(=O)Oc1cccc2c1OC(C)(C)C2. The molecule has 0 unspecified atom stereocenters. The predicted octanol–water partition coefficient (Wildman–Crippen LogP) is 3.30. The van der Waals surface area contributed by atoms with Crippen LogP contribution in [0.15, 0.2) is 18.2 Å². The Balaban J connectivity index is 1.97. The van der Waals surface area contributed by atoms with Crippen LogP contribution in [-0.4, -0.2) is 67.2 Å². The Morgan fingerprint density at radius 1 is 1.24 bits per heavy atom. The van der Waals surface area contributed by atoms with Crippen molar-refractivity contribution in [1.29, 1.82) is 0 Å². The summed E-state index contributed by atoms with van der Waals surface area (Å²) in [6.45, 7) is 5.67.